The number of carbonyl (C=O) groups is 1. The fraction of sp³-hybridized carbons (Fsp3) is 0.222. The number of rotatable bonds is 4. The number of aliphatic imine (C=N–C) groups is 1. The minimum absolute atomic E-state index is 0.107. The molecule has 0 saturated heterocycles. The molecule has 0 unspecified atom stereocenters. The van der Waals surface area contributed by atoms with Crippen molar-refractivity contribution in [2.24, 2.45) is 16.5 Å². The normalized spacial score (nSPS) is 13.4. The van der Waals surface area contributed by atoms with Crippen molar-refractivity contribution in [1.29, 1.82) is 5.26 Å². The first-order valence-corrected chi connectivity index (χ1v) is 8.31. The summed E-state index contributed by atoms with van der Waals surface area (Å²) in [7, 11) is 0. The monoisotopic (exact) mass is 384 g/mol. The third-order valence-electron chi connectivity index (χ3n) is 4.12. The zero-order valence-corrected chi connectivity index (χ0v) is 14.8. The van der Waals surface area contributed by atoms with Crippen LogP contribution in [0.4, 0.5) is 14.9 Å². The maximum Gasteiger partial charge on any atom is 0.437 e. The Hall–Kier alpha value is -3.87. The predicted molar refractivity (Wildman–Crippen MR) is 98.4 cm³/mol. The molecule has 10 heteroatoms. The molecule has 3 rings (SSSR count). The topological polar surface area (TPSA) is 144 Å². The van der Waals surface area contributed by atoms with Crippen molar-refractivity contribution in [3.8, 4) is 6.07 Å². The van der Waals surface area contributed by atoms with Crippen LogP contribution < -0.4 is 16.4 Å². The number of benzene rings is 1. The van der Waals surface area contributed by atoms with Crippen LogP contribution in [-0.4, -0.2) is 30.1 Å². The van der Waals surface area contributed by atoms with Crippen LogP contribution in [-0.2, 0) is 11.3 Å². The molecule has 0 fully saturated rings. The molecular formula is C18H17FN6O3. The van der Waals surface area contributed by atoms with Crippen molar-refractivity contribution < 1.29 is 18.3 Å². The summed E-state index contributed by atoms with van der Waals surface area (Å²) in [5, 5.41) is 9.37. The molecule has 28 heavy (non-hydrogen) atoms. The van der Waals surface area contributed by atoms with Gasteiger partial charge in [-0.3, -0.25) is 0 Å². The van der Waals surface area contributed by atoms with Crippen molar-refractivity contribution in [1.82, 2.24) is 4.98 Å². The molecule has 1 aliphatic heterocycles. The first kappa shape index (κ1) is 18.9. The largest absolute Gasteiger partial charge is 0.445 e. The van der Waals surface area contributed by atoms with E-state index < -0.39 is 17.9 Å². The number of carbonyl (C=O) groups excluding carboxylic acids is 1. The van der Waals surface area contributed by atoms with Crippen molar-refractivity contribution in [2.45, 2.75) is 13.0 Å². The Morgan fingerprint density at radius 2 is 2.29 bits per heavy atom. The second-order valence-corrected chi connectivity index (χ2v) is 5.90. The van der Waals surface area contributed by atoms with E-state index in [4.69, 9.17) is 20.6 Å². The Bertz CT molecular complexity index is 974. The van der Waals surface area contributed by atoms with E-state index in [1.807, 2.05) is 12.1 Å². The quantitative estimate of drug-likeness (QED) is 0.601. The highest BCUT2D eigenvalue weighted by molar-refractivity contribution is 5.87. The molecule has 2 heterocycles. The molecule has 0 atom stereocenters. The standard InChI is InChI=1S/C18H17FN6O3/c19-14-13(10-28-18(26)24-17(21)22)2-1-12(9-20)15(14)25-6-3-11(4-7-25)16-23-5-8-27-16/h1-3,5,8H,4,6-7,10H2,(H4,21,22,24,26). The Morgan fingerprint density at radius 3 is 2.89 bits per heavy atom. The zero-order chi connectivity index (χ0) is 20.1. The molecule has 1 aliphatic rings. The van der Waals surface area contributed by atoms with Crippen LogP contribution in [0.2, 0.25) is 0 Å². The lowest BCUT2D eigenvalue weighted by Gasteiger charge is -2.29. The van der Waals surface area contributed by atoms with Crippen LogP contribution in [0.1, 0.15) is 23.4 Å². The molecule has 1 aromatic carbocycles. The molecular weight excluding hydrogens is 367 g/mol. The average molecular weight is 384 g/mol. The van der Waals surface area contributed by atoms with Gasteiger partial charge in [0.1, 0.15) is 18.9 Å². The van der Waals surface area contributed by atoms with Gasteiger partial charge in [0.15, 0.2) is 11.8 Å². The summed E-state index contributed by atoms with van der Waals surface area (Å²) in [6.07, 6.45) is 4.48. The second-order valence-electron chi connectivity index (χ2n) is 5.90. The predicted octanol–water partition coefficient (Wildman–Crippen LogP) is 1.89. The number of anilines is 1. The van der Waals surface area contributed by atoms with Crippen molar-refractivity contribution in [3.05, 3.63) is 53.5 Å². The molecule has 0 aliphatic carbocycles. The van der Waals surface area contributed by atoms with Crippen molar-refractivity contribution in [3.63, 3.8) is 0 Å². The van der Waals surface area contributed by atoms with Crippen LogP contribution in [0.5, 0.6) is 0 Å². The number of ether oxygens (including phenoxy) is 1. The van der Waals surface area contributed by atoms with Gasteiger partial charge in [-0.05, 0) is 12.5 Å². The van der Waals surface area contributed by atoms with E-state index in [9.17, 15) is 10.1 Å². The van der Waals surface area contributed by atoms with Crippen LogP contribution in [0.3, 0.4) is 0 Å². The third kappa shape index (κ3) is 4.09. The Labute approximate surface area is 159 Å². The molecule has 2 aromatic rings. The van der Waals surface area contributed by atoms with Gasteiger partial charge in [-0.15, -0.1) is 4.99 Å². The third-order valence-corrected chi connectivity index (χ3v) is 4.12. The second kappa shape index (κ2) is 8.22. The van der Waals surface area contributed by atoms with Gasteiger partial charge >= 0.3 is 6.09 Å². The molecule has 0 radical (unpaired) electrons. The SMILES string of the molecule is N#Cc1ccc(COC(=O)N=C(N)N)c(F)c1N1CC=C(c2ncco2)CC1. The fourth-order valence-corrected chi connectivity index (χ4v) is 2.84. The number of halogens is 1. The number of nitrogens with zero attached hydrogens (tertiary/aromatic N) is 4. The number of hydrogen-bond acceptors (Lipinski definition) is 6. The number of oxazole rings is 1. The number of hydrogen-bond donors (Lipinski definition) is 2. The molecule has 1 amide bonds. The van der Waals surface area contributed by atoms with Crippen LogP contribution in [0.25, 0.3) is 5.57 Å². The Balaban J connectivity index is 1.81. The smallest absolute Gasteiger partial charge is 0.437 e. The summed E-state index contributed by atoms with van der Waals surface area (Å²) in [5.41, 5.74) is 11.5. The van der Waals surface area contributed by atoms with E-state index in [1.165, 1.54) is 18.4 Å². The van der Waals surface area contributed by atoms with E-state index in [2.05, 4.69) is 9.98 Å². The highest BCUT2D eigenvalue weighted by Gasteiger charge is 2.23. The van der Waals surface area contributed by atoms with Crippen molar-refractivity contribution >= 4 is 23.3 Å². The number of amides is 1. The van der Waals surface area contributed by atoms with Gasteiger partial charge in [-0.1, -0.05) is 12.1 Å². The van der Waals surface area contributed by atoms with Gasteiger partial charge in [0.05, 0.1) is 17.4 Å². The van der Waals surface area contributed by atoms with Gasteiger partial charge < -0.3 is 25.5 Å². The van der Waals surface area contributed by atoms with Gasteiger partial charge in [0.2, 0.25) is 5.89 Å². The van der Waals surface area contributed by atoms with Gasteiger partial charge in [-0.2, -0.15) is 5.26 Å². The van der Waals surface area contributed by atoms with Gasteiger partial charge in [0.25, 0.3) is 0 Å². The van der Waals surface area contributed by atoms with E-state index in [0.29, 0.717) is 25.4 Å². The lowest BCUT2D eigenvalue weighted by atomic mass is 10.0. The van der Waals surface area contributed by atoms with Gasteiger partial charge in [0, 0.05) is 24.2 Å². The summed E-state index contributed by atoms with van der Waals surface area (Å²) < 4.78 is 25.2. The highest BCUT2D eigenvalue weighted by Crippen LogP contribution is 2.31. The van der Waals surface area contributed by atoms with Crippen LogP contribution >= 0.6 is 0 Å². The number of guanidine groups is 1. The molecule has 0 spiro atoms. The van der Waals surface area contributed by atoms with Gasteiger partial charge in [-0.25, -0.2) is 14.2 Å². The summed E-state index contributed by atoms with van der Waals surface area (Å²) in [5.74, 6) is -0.557. The molecule has 4 N–H and O–H groups in total. The van der Waals surface area contributed by atoms with Crippen LogP contribution in [0.15, 0.2) is 40.1 Å². The van der Waals surface area contributed by atoms with E-state index in [-0.39, 0.29) is 23.4 Å². The van der Waals surface area contributed by atoms with Crippen molar-refractivity contribution in [2.75, 3.05) is 18.0 Å². The lowest BCUT2D eigenvalue weighted by molar-refractivity contribution is 0.149. The first-order chi connectivity index (χ1) is 13.5. The summed E-state index contributed by atoms with van der Waals surface area (Å²) in [6.45, 7) is 0.475. The van der Waals surface area contributed by atoms with E-state index in [0.717, 1.165) is 5.57 Å². The Morgan fingerprint density at radius 1 is 1.46 bits per heavy atom. The summed E-state index contributed by atoms with van der Waals surface area (Å²) in [4.78, 5) is 20.5. The highest BCUT2D eigenvalue weighted by atomic mass is 19.1. The maximum atomic E-state index is 15.1. The molecule has 0 saturated carbocycles. The summed E-state index contributed by atoms with van der Waals surface area (Å²) in [6, 6.07) is 4.86. The average Bonchev–Trinajstić information content (AvgIpc) is 3.21. The lowest BCUT2D eigenvalue weighted by Crippen LogP contribution is -2.30. The Kier molecular flexibility index (Phi) is 5.55. The number of nitrogens with two attached hydrogens (primary N) is 2. The molecule has 9 nitrogen and oxygen atoms in total. The maximum absolute atomic E-state index is 15.1. The minimum Gasteiger partial charge on any atom is -0.445 e. The summed E-state index contributed by atoms with van der Waals surface area (Å²) >= 11 is 0. The fourth-order valence-electron chi connectivity index (χ4n) is 2.84. The minimum atomic E-state index is -1.03. The number of aromatic nitrogens is 1. The van der Waals surface area contributed by atoms with E-state index in [1.54, 1.807) is 11.1 Å². The van der Waals surface area contributed by atoms with E-state index >= 15 is 4.39 Å². The molecule has 144 valence electrons. The zero-order valence-electron chi connectivity index (χ0n) is 14.8. The number of nitriles is 1. The molecule has 0 bridgehead atoms. The van der Waals surface area contributed by atoms with Crippen LogP contribution in [0, 0.1) is 17.1 Å². The molecule has 1 aromatic heterocycles. The first-order valence-electron chi connectivity index (χ1n) is 8.31.